The summed E-state index contributed by atoms with van der Waals surface area (Å²) in [6.07, 6.45) is 6.59. The maximum Gasteiger partial charge on any atom is 0.273 e. The Balaban J connectivity index is 1.55. The number of carbonyl (C=O) groups is 1. The van der Waals surface area contributed by atoms with Crippen LogP contribution in [0.3, 0.4) is 0 Å². The Labute approximate surface area is 164 Å². The molecule has 4 nitrogen and oxygen atoms in total. The van der Waals surface area contributed by atoms with Crippen LogP contribution in [0.2, 0.25) is 5.02 Å². The fraction of sp³-hybridized carbons (Fsp3) is 0.500. The van der Waals surface area contributed by atoms with Crippen molar-refractivity contribution < 1.29 is 4.79 Å². The van der Waals surface area contributed by atoms with Crippen molar-refractivity contribution in [3.63, 3.8) is 0 Å². The van der Waals surface area contributed by atoms with E-state index in [2.05, 4.69) is 16.9 Å². The van der Waals surface area contributed by atoms with Crippen LogP contribution in [0, 0.1) is 0 Å². The molecule has 0 spiro atoms. The molecule has 1 aromatic heterocycles. The van der Waals surface area contributed by atoms with Crippen molar-refractivity contribution in [2.75, 3.05) is 27.2 Å². The van der Waals surface area contributed by atoms with Crippen molar-refractivity contribution in [1.82, 2.24) is 14.8 Å². The second kappa shape index (κ2) is 8.98. The van der Waals surface area contributed by atoms with Gasteiger partial charge in [-0.15, -0.1) is 11.3 Å². The number of aromatic nitrogens is 1. The van der Waals surface area contributed by atoms with Crippen molar-refractivity contribution >= 4 is 28.8 Å². The third-order valence-electron chi connectivity index (χ3n) is 5.15. The van der Waals surface area contributed by atoms with Crippen molar-refractivity contribution in [3.05, 3.63) is 40.4 Å². The first kappa shape index (κ1) is 19.3. The Morgan fingerprint density at radius 2 is 1.85 bits per heavy atom. The van der Waals surface area contributed by atoms with E-state index in [1.807, 2.05) is 36.7 Å². The fourth-order valence-corrected chi connectivity index (χ4v) is 4.33. The van der Waals surface area contributed by atoms with Gasteiger partial charge < -0.3 is 9.80 Å². The quantitative estimate of drug-likeness (QED) is 0.709. The summed E-state index contributed by atoms with van der Waals surface area (Å²) in [4.78, 5) is 21.4. The predicted molar refractivity (Wildman–Crippen MR) is 109 cm³/mol. The Morgan fingerprint density at radius 1 is 1.15 bits per heavy atom. The molecule has 1 aliphatic carbocycles. The zero-order chi connectivity index (χ0) is 18.5. The van der Waals surface area contributed by atoms with Gasteiger partial charge in [0.1, 0.15) is 10.7 Å². The SMILES string of the molecule is CN(CCN(C)C1CCCCC1)C(=O)c1csc(-c2ccc(Cl)cc2)n1. The summed E-state index contributed by atoms with van der Waals surface area (Å²) >= 11 is 7.42. The molecule has 2 aromatic rings. The largest absolute Gasteiger partial charge is 0.339 e. The van der Waals surface area contributed by atoms with Crippen LogP contribution < -0.4 is 0 Å². The fourth-order valence-electron chi connectivity index (χ4n) is 3.41. The zero-order valence-corrected chi connectivity index (χ0v) is 17.0. The smallest absolute Gasteiger partial charge is 0.273 e. The average Bonchev–Trinajstić information content (AvgIpc) is 3.16. The molecule has 1 aliphatic rings. The van der Waals surface area contributed by atoms with Crippen LogP contribution in [0.1, 0.15) is 42.6 Å². The molecule has 26 heavy (non-hydrogen) atoms. The first-order chi connectivity index (χ1) is 12.5. The maximum atomic E-state index is 12.7. The van der Waals surface area contributed by atoms with Gasteiger partial charge >= 0.3 is 0 Å². The van der Waals surface area contributed by atoms with Crippen LogP contribution in [-0.4, -0.2) is 53.9 Å². The topological polar surface area (TPSA) is 36.4 Å². The van der Waals surface area contributed by atoms with E-state index in [1.165, 1.54) is 43.4 Å². The second-order valence-electron chi connectivity index (χ2n) is 7.04. The van der Waals surface area contributed by atoms with Gasteiger partial charge in [0, 0.05) is 42.1 Å². The minimum absolute atomic E-state index is 0.0153. The Morgan fingerprint density at radius 3 is 2.54 bits per heavy atom. The molecule has 1 saturated carbocycles. The molecule has 1 aromatic carbocycles. The summed E-state index contributed by atoms with van der Waals surface area (Å²) in [7, 11) is 4.04. The number of benzene rings is 1. The summed E-state index contributed by atoms with van der Waals surface area (Å²) in [5, 5.41) is 3.38. The van der Waals surface area contributed by atoms with Gasteiger partial charge in [-0.25, -0.2) is 4.98 Å². The van der Waals surface area contributed by atoms with E-state index >= 15 is 0 Å². The van der Waals surface area contributed by atoms with E-state index in [-0.39, 0.29) is 5.91 Å². The lowest BCUT2D eigenvalue weighted by Crippen LogP contribution is -2.40. The third-order valence-corrected chi connectivity index (χ3v) is 6.29. The molecule has 140 valence electrons. The highest BCUT2D eigenvalue weighted by molar-refractivity contribution is 7.13. The van der Waals surface area contributed by atoms with Crippen LogP contribution in [0.25, 0.3) is 10.6 Å². The molecule has 0 saturated heterocycles. The van der Waals surface area contributed by atoms with Crippen molar-refractivity contribution in [2.45, 2.75) is 38.1 Å². The molecule has 0 aliphatic heterocycles. The summed E-state index contributed by atoms with van der Waals surface area (Å²) in [5.74, 6) is -0.0153. The maximum absolute atomic E-state index is 12.7. The van der Waals surface area contributed by atoms with E-state index in [0.717, 1.165) is 23.7 Å². The molecule has 0 bridgehead atoms. The highest BCUT2D eigenvalue weighted by Crippen LogP contribution is 2.25. The van der Waals surface area contributed by atoms with Gasteiger partial charge in [0.2, 0.25) is 0 Å². The number of likely N-dealkylation sites (N-methyl/N-ethyl adjacent to an activating group) is 2. The molecule has 1 fully saturated rings. The Kier molecular flexibility index (Phi) is 6.68. The highest BCUT2D eigenvalue weighted by atomic mass is 35.5. The minimum Gasteiger partial charge on any atom is -0.339 e. The molecule has 6 heteroatoms. The summed E-state index contributed by atoms with van der Waals surface area (Å²) < 4.78 is 0. The molecule has 0 radical (unpaired) electrons. The van der Waals surface area contributed by atoms with Gasteiger partial charge in [-0.05, 0) is 32.0 Å². The zero-order valence-electron chi connectivity index (χ0n) is 15.4. The van der Waals surface area contributed by atoms with Crippen molar-refractivity contribution in [2.24, 2.45) is 0 Å². The van der Waals surface area contributed by atoms with Crippen molar-refractivity contribution in [3.8, 4) is 10.6 Å². The molecular formula is C20H26ClN3OS. The Hall–Kier alpha value is -1.43. The van der Waals surface area contributed by atoms with Gasteiger partial charge in [-0.1, -0.05) is 43.0 Å². The van der Waals surface area contributed by atoms with Crippen LogP contribution >= 0.6 is 22.9 Å². The van der Waals surface area contributed by atoms with Gasteiger partial charge in [-0.2, -0.15) is 0 Å². The van der Waals surface area contributed by atoms with Crippen LogP contribution in [-0.2, 0) is 0 Å². The van der Waals surface area contributed by atoms with E-state index in [4.69, 9.17) is 11.6 Å². The number of hydrogen-bond donors (Lipinski definition) is 0. The number of nitrogens with zero attached hydrogens (tertiary/aromatic N) is 3. The number of hydrogen-bond acceptors (Lipinski definition) is 4. The predicted octanol–water partition coefficient (Wildman–Crippen LogP) is 4.80. The molecule has 0 unspecified atom stereocenters. The molecular weight excluding hydrogens is 366 g/mol. The van der Waals surface area contributed by atoms with E-state index in [9.17, 15) is 4.79 Å². The van der Waals surface area contributed by atoms with E-state index in [0.29, 0.717) is 16.8 Å². The molecule has 0 atom stereocenters. The number of halogens is 1. The van der Waals surface area contributed by atoms with Gasteiger partial charge in [0.05, 0.1) is 0 Å². The minimum atomic E-state index is -0.0153. The lowest BCUT2D eigenvalue weighted by Gasteiger charge is -2.32. The number of thiazole rings is 1. The summed E-state index contributed by atoms with van der Waals surface area (Å²) in [5.41, 5.74) is 1.50. The van der Waals surface area contributed by atoms with E-state index < -0.39 is 0 Å². The highest BCUT2D eigenvalue weighted by Gasteiger charge is 2.20. The molecule has 1 amide bonds. The van der Waals surface area contributed by atoms with Crippen LogP contribution in [0.4, 0.5) is 0 Å². The number of carbonyl (C=O) groups excluding carboxylic acids is 1. The second-order valence-corrected chi connectivity index (χ2v) is 8.34. The normalized spacial score (nSPS) is 15.4. The molecule has 3 rings (SSSR count). The Bertz CT molecular complexity index is 725. The first-order valence-electron chi connectivity index (χ1n) is 9.22. The van der Waals surface area contributed by atoms with Gasteiger partial charge in [-0.3, -0.25) is 4.79 Å². The standard InChI is InChI=1S/C20H26ClN3OS/c1-23(17-6-4-3-5-7-17)12-13-24(2)20(25)18-14-26-19(22-18)15-8-10-16(21)11-9-15/h8-11,14,17H,3-7,12-13H2,1-2H3. The number of rotatable bonds is 6. The van der Waals surface area contributed by atoms with Crippen molar-refractivity contribution in [1.29, 1.82) is 0 Å². The number of amides is 1. The van der Waals surface area contributed by atoms with Crippen LogP contribution in [0.5, 0.6) is 0 Å². The summed E-state index contributed by atoms with van der Waals surface area (Å²) in [6.45, 7) is 1.63. The van der Waals surface area contributed by atoms with Gasteiger partial charge in [0.25, 0.3) is 5.91 Å². The lowest BCUT2D eigenvalue weighted by molar-refractivity contribution is 0.0762. The molecule has 0 N–H and O–H groups in total. The van der Waals surface area contributed by atoms with Gasteiger partial charge in [0.15, 0.2) is 0 Å². The lowest BCUT2D eigenvalue weighted by atomic mass is 9.94. The monoisotopic (exact) mass is 391 g/mol. The van der Waals surface area contributed by atoms with Crippen LogP contribution in [0.15, 0.2) is 29.6 Å². The van der Waals surface area contributed by atoms with E-state index in [1.54, 1.807) is 4.90 Å². The first-order valence-corrected chi connectivity index (χ1v) is 10.5. The third kappa shape index (κ3) is 4.84. The molecule has 1 heterocycles. The average molecular weight is 392 g/mol. The summed E-state index contributed by atoms with van der Waals surface area (Å²) in [6, 6.07) is 8.21.